The van der Waals surface area contributed by atoms with Gasteiger partial charge in [-0.25, -0.2) is 9.18 Å². The van der Waals surface area contributed by atoms with Crippen LogP contribution >= 0.6 is 0 Å². The number of carbonyl (C=O) groups is 5. The minimum Gasteiger partial charge on any atom is -0.496 e. The number of esters is 1. The van der Waals surface area contributed by atoms with Gasteiger partial charge in [0.1, 0.15) is 23.3 Å². The van der Waals surface area contributed by atoms with Gasteiger partial charge in [-0.1, -0.05) is 6.07 Å². The maximum Gasteiger partial charge on any atom is 0.338 e. The van der Waals surface area contributed by atoms with E-state index in [4.69, 9.17) is 9.47 Å². The van der Waals surface area contributed by atoms with Crippen molar-refractivity contribution in [2.45, 2.75) is 44.3 Å². The maximum atomic E-state index is 13.6. The van der Waals surface area contributed by atoms with Gasteiger partial charge < -0.3 is 30.0 Å². The number of fused-ring (bicyclic) bond motifs is 1. The van der Waals surface area contributed by atoms with Crippen molar-refractivity contribution in [1.82, 2.24) is 20.5 Å². The smallest absolute Gasteiger partial charge is 0.338 e. The Hall–Kier alpha value is -4.74. The number of ketones is 1. The van der Waals surface area contributed by atoms with E-state index in [1.807, 2.05) is 0 Å². The van der Waals surface area contributed by atoms with Crippen molar-refractivity contribution < 1.29 is 37.8 Å². The average Bonchev–Trinajstić information content (AvgIpc) is 3.67. The molecule has 12 heteroatoms. The van der Waals surface area contributed by atoms with E-state index < -0.39 is 60.0 Å². The topological polar surface area (TPSA) is 147 Å². The molecule has 1 aromatic heterocycles. The van der Waals surface area contributed by atoms with Crippen molar-refractivity contribution in [3.05, 3.63) is 65.6 Å². The highest BCUT2D eigenvalue weighted by atomic mass is 19.1. The number of ether oxygens (including phenoxy) is 2. The van der Waals surface area contributed by atoms with Gasteiger partial charge in [0.2, 0.25) is 11.8 Å². The van der Waals surface area contributed by atoms with Crippen LogP contribution in [-0.2, 0) is 19.1 Å². The van der Waals surface area contributed by atoms with Crippen LogP contribution < -0.4 is 15.4 Å². The fourth-order valence-electron chi connectivity index (χ4n) is 5.64. The quantitative estimate of drug-likeness (QED) is 0.313. The molecule has 2 aromatic carbocycles. The minimum atomic E-state index is -1.05. The molecule has 3 heterocycles. The first-order chi connectivity index (χ1) is 20.2. The summed E-state index contributed by atoms with van der Waals surface area (Å²) in [6.45, 7) is 1.58. The molecule has 2 aliphatic heterocycles. The van der Waals surface area contributed by atoms with E-state index in [1.54, 1.807) is 31.2 Å². The van der Waals surface area contributed by atoms with Crippen LogP contribution in [0.5, 0.6) is 5.75 Å². The number of nitrogens with zero attached hydrogens (tertiary/aromatic N) is 1. The van der Waals surface area contributed by atoms with E-state index in [0.29, 0.717) is 29.6 Å². The van der Waals surface area contributed by atoms with Crippen molar-refractivity contribution in [2.24, 2.45) is 5.92 Å². The Morgan fingerprint density at radius 3 is 2.60 bits per heavy atom. The Bertz CT molecular complexity index is 1540. The van der Waals surface area contributed by atoms with Crippen LogP contribution in [0.25, 0.3) is 10.9 Å². The van der Waals surface area contributed by atoms with Crippen LogP contribution in [0.1, 0.15) is 47.0 Å². The average molecular weight is 579 g/mol. The Morgan fingerprint density at radius 2 is 1.90 bits per heavy atom. The lowest BCUT2D eigenvalue weighted by Gasteiger charge is -2.31. The Kier molecular flexibility index (Phi) is 8.23. The van der Waals surface area contributed by atoms with Crippen LogP contribution in [0.15, 0.2) is 48.5 Å². The molecule has 2 aliphatic rings. The van der Waals surface area contributed by atoms with Gasteiger partial charge in [0, 0.05) is 29.4 Å². The Labute approximate surface area is 240 Å². The van der Waals surface area contributed by atoms with Crippen molar-refractivity contribution in [3.8, 4) is 5.75 Å². The molecule has 0 bridgehead atoms. The summed E-state index contributed by atoms with van der Waals surface area (Å²) in [6, 6.07) is 9.29. The number of Topliss-reactive ketones (excluding diaryl/α,β-unsaturated/α-hetero) is 1. The summed E-state index contributed by atoms with van der Waals surface area (Å²) in [5.74, 6) is -2.97. The summed E-state index contributed by atoms with van der Waals surface area (Å²) >= 11 is 0. The standard InChI is InChI=1S/C30H31FN4O7/c1-16-12-23(34-28(38)22-14-20-21(33-22)4-3-5-26(20)41-2)29(39)35(16)24(13-18-10-11-32-27(18)37)25(36)15-42-30(40)17-6-8-19(31)9-7-17/h3-9,14,16,18,23-24,33H,10-13,15H2,1-2H3,(H,32,37)(H,34,38)/t16?,18-,23-,24-/m0/s1. The number of amides is 3. The molecule has 0 radical (unpaired) electrons. The van der Waals surface area contributed by atoms with Gasteiger partial charge in [-0.05, 0) is 68.7 Å². The number of rotatable bonds is 10. The number of likely N-dealkylation sites (tertiary alicyclic amines) is 1. The van der Waals surface area contributed by atoms with E-state index in [0.717, 1.165) is 12.1 Å². The molecule has 3 N–H and O–H groups in total. The molecule has 0 saturated carbocycles. The number of aromatic nitrogens is 1. The second-order valence-corrected chi connectivity index (χ2v) is 10.5. The summed E-state index contributed by atoms with van der Waals surface area (Å²) in [5.41, 5.74) is 1.01. The van der Waals surface area contributed by atoms with Crippen LogP contribution in [0.4, 0.5) is 4.39 Å². The number of methoxy groups -OCH3 is 1. The molecule has 0 aliphatic carbocycles. The monoisotopic (exact) mass is 578 g/mol. The van der Waals surface area contributed by atoms with Gasteiger partial charge in [0.05, 0.1) is 18.7 Å². The van der Waals surface area contributed by atoms with Crippen molar-refractivity contribution in [1.29, 1.82) is 0 Å². The maximum absolute atomic E-state index is 13.6. The van der Waals surface area contributed by atoms with E-state index in [-0.39, 0.29) is 30.0 Å². The predicted octanol–water partition coefficient (Wildman–Crippen LogP) is 2.36. The number of H-pyrrole nitrogens is 1. The summed E-state index contributed by atoms with van der Waals surface area (Å²) in [7, 11) is 1.53. The van der Waals surface area contributed by atoms with Gasteiger partial charge >= 0.3 is 5.97 Å². The summed E-state index contributed by atoms with van der Waals surface area (Å²) in [6.07, 6.45) is 0.792. The first kappa shape index (κ1) is 28.8. The second-order valence-electron chi connectivity index (χ2n) is 10.5. The number of halogens is 1. The number of benzene rings is 2. The largest absolute Gasteiger partial charge is 0.496 e. The number of aromatic amines is 1. The normalized spacial score (nSPS) is 20.8. The van der Waals surface area contributed by atoms with Gasteiger partial charge in [-0.15, -0.1) is 0 Å². The van der Waals surface area contributed by atoms with Gasteiger partial charge in [-0.3, -0.25) is 19.2 Å². The molecule has 42 heavy (non-hydrogen) atoms. The van der Waals surface area contributed by atoms with Crippen LogP contribution in [0, 0.1) is 11.7 Å². The van der Waals surface area contributed by atoms with Crippen molar-refractivity contribution in [3.63, 3.8) is 0 Å². The third-order valence-corrected chi connectivity index (χ3v) is 7.80. The number of nitrogens with one attached hydrogen (secondary N) is 3. The molecule has 4 atom stereocenters. The highest BCUT2D eigenvalue weighted by molar-refractivity contribution is 6.02. The molecular weight excluding hydrogens is 547 g/mol. The van der Waals surface area contributed by atoms with E-state index >= 15 is 0 Å². The zero-order valence-electron chi connectivity index (χ0n) is 23.1. The highest BCUT2D eigenvalue weighted by Gasteiger charge is 2.45. The molecule has 5 rings (SSSR count). The Morgan fingerprint density at radius 1 is 1.14 bits per heavy atom. The van der Waals surface area contributed by atoms with Gasteiger partial charge in [-0.2, -0.15) is 0 Å². The van der Waals surface area contributed by atoms with Gasteiger partial charge in [0.25, 0.3) is 5.91 Å². The summed E-state index contributed by atoms with van der Waals surface area (Å²) in [5, 5.41) is 6.22. The molecule has 2 saturated heterocycles. The van der Waals surface area contributed by atoms with Crippen LogP contribution in [0.2, 0.25) is 0 Å². The molecule has 1 unspecified atom stereocenters. The van der Waals surface area contributed by atoms with Crippen molar-refractivity contribution >= 4 is 40.4 Å². The van der Waals surface area contributed by atoms with Crippen molar-refractivity contribution in [2.75, 3.05) is 20.3 Å². The number of carbonyl (C=O) groups excluding carboxylic acids is 5. The van der Waals surface area contributed by atoms with E-state index in [1.165, 1.54) is 24.1 Å². The minimum absolute atomic E-state index is 0.0529. The van der Waals surface area contributed by atoms with E-state index in [2.05, 4.69) is 15.6 Å². The second kappa shape index (κ2) is 12.0. The zero-order chi connectivity index (χ0) is 30.0. The lowest BCUT2D eigenvalue weighted by atomic mass is 9.94. The number of hydrogen-bond donors (Lipinski definition) is 3. The van der Waals surface area contributed by atoms with Gasteiger partial charge in [0.15, 0.2) is 12.4 Å². The van der Waals surface area contributed by atoms with E-state index in [9.17, 15) is 28.4 Å². The third kappa shape index (κ3) is 5.83. The molecule has 0 spiro atoms. The molecule has 3 amide bonds. The lowest BCUT2D eigenvalue weighted by molar-refractivity contribution is -0.141. The first-order valence-corrected chi connectivity index (χ1v) is 13.7. The fraction of sp³-hybridized carbons (Fsp3) is 0.367. The highest BCUT2D eigenvalue weighted by Crippen LogP contribution is 2.29. The zero-order valence-corrected chi connectivity index (χ0v) is 23.1. The summed E-state index contributed by atoms with van der Waals surface area (Å²) in [4.78, 5) is 69.4. The molecule has 220 valence electrons. The number of hydrogen-bond acceptors (Lipinski definition) is 7. The molecular formula is C30H31FN4O7. The molecule has 2 fully saturated rings. The lowest BCUT2D eigenvalue weighted by Crippen LogP contribution is -2.51. The first-order valence-electron chi connectivity index (χ1n) is 13.7. The molecule has 3 aromatic rings. The SMILES string of the molecule is COc1cccc2[nH]c(C(=O)N[C@H]3CC(C)N([C@@H](C[C@@H]4CCNC4=O)C(=O)COC(=O)c4ccc(F)cc4)C3=O)cc12. The Balaban J connectivity index is 1.31. The van der Waals surface area contributed by atoms with Crippen LogP contribution in [-0.4, -0.2) is 77.7 Å². The summed E-state index contributed by atoms with van der Waals surface area (Å²) < 4.78 is 23.8. The fourth-order valence-corrected chi connectivity index (χ4v) is 5.64. The van der Waals surface area contributed by atoms with Crippen LogP contribution in [0.3, 0.4) is 0 Å². The molecule has 11 nitrogen and oxygen atoms in total. The third-order valence-electron chi connectivity index (χ3n) is 7.80. The predicted molar refractivity (Wildman–Crippen MR) is 148 cm³/mol.